The summed E-state index contributed by atoms with van der Waals surface area (Å²) in [7, 11) is -4.19. The molecule has 0 fully saturated rings. The Bertz CT molecular complexity index is 841. The van der Waals surface area contributed by atoms with Gasteiger partial charge < -0.3 is 0 Å². The molecular formula is C14H9Cl3FNO3S. The van der Waals surface area contributed by atoms with Crippen molar-refractivity contribution >= 4 is 55.8 Å². The summed E-state index contributed by atoms with van der Waals surface area (Å²) < 4.78 is 39.2. The highest BCUT2D eigenvalue weighted by atomic mass is 35.5. The van der Waals surface area contributed by atoms with E-state index < -0.39 is 27.6 Å². The van der Waals surface area contributed by atoms with Gasteiger partial charge >= 0.3 is 0 Å². The SMILES string of the molecule is O=C(Cl)CN(c1cccc(Cl)c1Cl)S(=O)(=O)c1ccc(F)cc1. The molecule has 2 aromatic rings. The van der Waals surface area contributed by atoms with Crippen LogP contribution >= 0.6 is 34.8 Å². The second-order valence-electron chi connectivity index (χ2n) is 4.39. The molecule has 0 unspecified atom stereocenters. The third-order valence-corrected chi connectivity index (χ3v) is 5.57. The van der Waals surface area contributed by atoms with Crippen LogP contribution in [0.5, 0.6) is 0 Å². The van der Waals surface area contributed by atoms with Crippen LogP contribution < -0.4 is 4.31 Å². The zero-order chi connectivity index (χ0) is 17.2. The number of carbonyl (C=O) groups excluding carboxylic acids is 1. The van der Waals surface area contributed by atoms with Crippen molar-refractivity contribution in [3.63, 3.8) is 0 Å². The molecule has 0 bridgehead atoms. The number of sulfonamides is 1. The predicted molar refractivity (Wildman–Crippen MR) is 88.3 cm³/mol. The van der Waals surface area contributed by atoms with Crippen LogP contribution in [-0.2, 0) is 14.8 Å². The Morgan fingerprint density at radius 3 is 2.26 bits per heavy atom. The fourth-order valence-electron chi connectivity index (χ4n) is 1.83. The van der Waals surface area contributed by atoms with Gasteiger partial charge in [-0.15, -0.1) is 0 Å². The minimum Gasteiger partial charge on any atom is -0.279 e. The molecule has 0 aliphatic carbocycles. The van der Waals surface area contributed by atoms with Gasteiger partial charge in [-0.05, 0) is 48.0 Å². The Balaban J connectivity index is 2.60. The van der Waals surface area contributed by atoms with Gasteiger partial charge in [0.25, 0.3) is 10.0 Å². The molecule has 0 atom stereocenters. The maximum atomic E-state index is 13.0. The van der Waals surface area contributed by atoms with Gasteiger partial charge in [-0.25, -0.2) is 12.8 Å². The van der Waals surface area contributed by atoms with E-state index in [9.17, 15) is 17.6 Å². The summed E-state index contributed by atoms with van der Waals surface area (Å²) in [4.78, 5) is 11.1. The zero-order valence-corrected chi connectivity index (χ0v) is 14.4. The van der Waals surface area contributed by atoms with Gasteiger partial charge in [0, 0.05) is 0 Å². The molecule has 2 rings (SSSR count). The van der Waals surface area contributed by atoms with Gasteiger partial charge in [-0.3, -0.25) is 9.10 Å². The van der Waals surface area contributed by atoms with Crippen LogP contribution in [0.2, 0.25) is 10.0 Å². The summed E-state index contributed by atoms with van der Waals surface area (Å²) in [5.74, 6) is -0.593. The normalized spacial score (nSPS) is 11.3. The fourth-order valence-corrected chi connectivity index (χ4v) is 3.90. The maximum Gasteiger partial charge on any atom is 0.264 e. The van der Waals surface area contributed by atoms with Crippen LogP contribution in [0.15, 0.2) is 47.4 Å². The molecule has 0 heterocycles. The molecule has 0 radical (unpaired) electrons. The summed E-state index contributed by atoms with van der Waals surface area (Å²) in [6, 6.07) is 8.48. The Labute approximate surface area is 147 Å². The van der Waals surface area contributed by atoms with Crippen LogP contribution in [0.25, 0.3) is 0 Å². The van der Waals surface area contributed by atoms with Crippen LogP contribution in [0.1, 0.15) is 0 Å². The average molecular weight is 397 g/mol. The van der Waals surface area contributed by atoms with Crippen molar-refractivity contribution in [2.45, 2.75) is 4.90 Å². The molecule has 0 aromatic heterocycles. The molecule has 0 saturated heterocycles. The van der Waals surface area contributed by atoms with Crippen molar-refractivity contribution in [2.24, 2.45) is 0 Å². The number of halogens is 4. The Morgan fingerprint density at radius 1 is 1.09 bits per heavy atom. The van der Waals surface area contributed by atoms with Crippen molar-refractivity contribution in [3.05, 3.63) is 58.3 Å². The molecule has 122 valence electrons. The second kappa shape index (κ2) is 7.05. The van der Waals surface area contributed by atoms with Crippen molar-refractivity contribution in [1.29, 1.82) is 0 Å². The highest BCUT2D eigenvalue weighted by molar-refractivity contribution is 7.92. The molecule has 0 amide bonds. The first-order valence-electron chi connectivity index (χ1n) is 6.14. The molecule has 0 saturated carbocycles. The van der Waals surface area contributed by atoms with Gasteiger partial charge in [-0.2, -0.15) is 0 Å². The van der Waals surface area contributed by atoms with Crippen molar-refractivity contribution in [1.82, 2.24) is 0 Å². The monoisotopic (exact) mass is 395 g/mol. The highest BCUT2D eigenvalue weighted by Gasteiger charge is 2.28. The van der Waals surface area contributed by atoms with Gasteiger partial charge in [0.1, 0.15) is 12.4 Å². The zero-order valence-electron chi connectivity index (χ0n) is 11.3. The third kappa shape index (κ3) is 3.95. The number of nitrogens with zero attached hydrogens (tertiary/aromatic N) is 1. The number of hydrogen-bond acceptors (Lipinski definition) is 3. The summed E-state index contributed by atoms with van der Waals surface area (Å²) in [6.45, 7) is -0.651. The van der Waals surface area contributed by atoms with Gasteiger partial charge in [0.15, 0.2) is 0 Å². The van der Waals surface area contributed by atoms with Gasteiger partial charge in [-0.1, -0.05) is 29.3 Å². The lowest BCUT2D eigenvalue weighted by molar-refractivity contribution is -0.110. The number of carbonyl (C=O) groups is 1. The second-order valence-corrected chi connectivity index (χ2v) is 7.46. The van der Waals surface area contributed by atoms with Crippen LogP contribution in [0.4, 0.5) is 10.1 Å². The summed E-state index contributed by atoms with van der Waals surface area (Å²) >= 11 is 17.3. The van der Waals surface area contributed by atoms with Crippen molar-refractivity contribution in [2.75, 3.05) is 10.8 Å². The molecule has 2 aromatic carbocycles. The Hall–Kier alpha value is -1.34. The van der Waals surface area contributed by atoms with E-state index in [0.29, 0.717) is 0 Å². The van der Waals surface area contributed by atoms with E-state index >= 15 is 0 Å². The Morgan fingerprint density at radius 2 is 1.70 bits per heavy atom. The molecule has 0 spiro atoms. The van der Waals surface area contributed by atoms with E-state index in [4.69, 9.17) is 34.8 Å². The summed E-state index contributed by atoms with van der Waals surface area (Å²) in [5.41, 5.74) is -0.00232. The maximum absolute atomic E-state index is 13.0. The predicted octanol–water partition coefficient (Wildman–Crippen LogP) is 4.09. The largest absolute Gasteiger partial charge is 0.279 e. The smallest absolute Gasteiger partial charge is 0.264 e. The first-order valence-corrected chi connectivity index (χ1v) is 8.71. The molecule has 4 nitrogen and oxygen atoms in total. The molecular weight excluding hydrogens is 388 g/mol. The molecule has 23 heavy (non-hydrogen) atoms. The quantitative estimate of drug-likeness (QED) is 0.715. The van der Waals surface area contributed by atoms with Crippen LogP contribution in [0, 0.1) is 5.82 Å². The van der Waals surface area contributed by atoms with E-state index in [0.717, 1.165) is 28.6 Å². The van der Waals surface area contributed by atoms with Crippen LogP contribution in [-0.4, -0.2) is 20.2 Å². The topological polar surface area (TPSA) is 54.5 Å². The van der Waals surface area contributed by atoms with Crippen LogP contribution in [0.3, 0.4) is 0 Å². The highest BCUT2D eigenvalue weighted by Crippen LogP contribution is 2.35. The molecule has 0 aliphatic rings. The molecule has 0 aliphatic heterocycles. The summed E-state index contributed by atoms with van der Waals surface area (Å²) in [6.07, 6.45) is 0. The lowest BCUT2D eigenvalue weighted by atomic mass is 10.3. The molecule has 9 heteroatoms. The first-order chi connectivity index (χ1) is 10.7. The van der Waals surface area contributed by atoms with E-state index in [1.165, 1.54) is 18.2 Å². The number of rotatable bonds is 5. The lowest BCUT2D eigenvalue weighted by Gasteiger charge is -2.24. The van der Waals surface area contributed by atoms with Crippen molar-refractivity contribution in [3.8, 4) is 0 Å². The van der Waals surface area contributed by atoms with E-state index in [2.05, 4.69) is 0 Å². The Kier molecular flexibility index (Phi) is 5.52. The average Bonchev–Trinajstić information content (AvgIpc) is 2.48. The van der Waals surface area contributed by atoms with E-state index in [-0.39, 0.29) is 20.6 Å². The minimum atomic E-state index is -4.19. The third-order valence-electron chi connectivity index (χ3n) is 2.87. The van der Waals surface area contributed by atoms with Gasteiger partial charge in [0.2, 0.25) is 5.24 Å². The minimum absolute atomic E-state index is 0.00232. The van der Waals surface area contributed by atoms with E-state index in [1.807, 2.05) is 0 Å². The number of hydrogen-bond donors (Lipinski definition) is 0. The molecule has 0 N–H and O–H groups in total. The van der Waals surface area contributed by atoms with Crippen molar-refractivity contribution < 1.29 is 17.6 Å². The summed E-state index contributed by atoms with van der Waals surface area (Å²) in [5, 5.41) is -0.838. The standard InChI is InChI=1S/C14H9Cl3FNO3S/c15-11-2-1-3-12(14(11)17)19(8-13(16)20)23(21,22)10-6-4-9(18)5-7-10/h1-7H,8H2. The first kappa shape index (κ1) is 18.0. The van der Waals surface area contributed by atoms with Gasteiger partial charge in [0.05, 0.1) is 20.6 Å². The van der Waals surface area contributed by atoms with E-state index in [1.54, 1.807) is 0 Å². The number of benzene rings is 2. The fraction of sp³-hybridized carbons (Fsp3) is 0.0714. The number of anilines is 1. The lowest BCUT2D eigenvalue weighted by Crippen LogP contribution is -2.34.